The highest BCUT2D eigenvalue weighted by Gasteiger charge is 2.22. The molecule has 4 N–H and O–H groups in total. The number of anilines is 2. The van der Waals surface area contributed by atoms with Gasteiger partial charge in [-0.3, -0.25) is 14.2 Å². The Labute approximate surface area is 218 Å². The summed E-state index contributed by atoms with van der Waals surface area (Å²) >= 11 is 1.09. The molecule has 37 heavy (non-hydrogen) atoms. The van der Waals surface area contributed by atoms with Crippen LogP contribution in [0.25, 0.3) is 16.0 Å². The number of allylic oxidation sites excluding steroid dienone is 3. The molecule has 1 fully saturated rings. The van der Waals surface area contributed by atoms with E-state index in [-0.39, 0.29) is 5.82 Å². The Kier molecular flexibility index (Phi) is 7.60. The number of primary amides is 1. The van der Waals surface area contributed by atoms with Gasteiger partial charge in [-0.15, -0.1) is 11.3 Å². The van der Waals surface area contributed by atoms with Crippen LogP contribution in [0.3, 0.4) is 0 Å². The number of fused-ring (bicyclic) bond motifs is 2. The molecule has 190 valence electrons. The number of benzene rings is 1. The minimum Gasteiger partial charge on any atom is -0.490 e. The van der Waals surface area contributed by atoms with E-state index in [1.165, 1.54) is 17.4 Å². The number of carbonyl (C=O) groups excluding carboxylic acids is 1. The Morgan fingerprint density at radius 3 is 2.59 bits per heavy atom. The highest BCUT2D eigenvalue weighted by molar-refractivity contribution is 7.20. The molecule has 0 saturated carbocycles. The smallest absolute Gasteiger partial charge is 0.298 e. The monoisotopic (exact) mass is 517 g/mol. The van der Waals surface area contributed by atoms with Crippen molar-refractivity contribution in [2.45, 2.75) is 12.8 Å². The first-order chi connectivity index (χ1) is 17.9. The predicted molar refractivity (Wildman–Crippen MR) is 146 cm³/mol. The summed E-state index contributed by atoms with van der Waals surface area (Å²) in [5.74, 6) is -0.0772. The van der Waals surface area contributed by atoms with Crippen molar-refractivity contribution in [3.63, 3.8) is 0 Å². The van der Waals surface area contributed by atoms with E-state index in [2.05, 4.69) is 24.3 Å². The highest BCUT2D eigenvalue weighted by atomic mass is 32.1. The van der Waals surface area contributed by atoms with Gasteiger partial charge in [-0.05, 0) is 49.3 Å². The molecule has 2 aliphatic rings. The number of nitrogen functional groups attached to an aromatic ring is 1. The third kappa shape index (κ3) is 5.19. The second kappa shape index (κ2) is 11.0. The van der Waals surface area contributed by atoms with Crippen LogP contribution >= 0.6 is 11.3 Å². The van der Waals surface area contributed by atoms with Crippen LogP contribution in [0.5, 0.6) is 5.75 Å². The van der Waals surface area contributed by atoms with Gasteiger partial charge in [-0.1, -0.05) is 19.2 Å². The molecule has 1 saturated heterocycles. The molecule has 5 rings (SSSR count). The lowest BCUT2D eigenvalue weighted by molar-refractivity contribution is 0.100. The molecule has 0 unspecified atom stereocenters. The lowest BCUT2D eigenvalue weighted by atomic mass is 10.1. The van der Waals surface area contributed by atoms with Crippen molar-refractivity contribution in [2.24, 2.45) is 5.73 Å². The van der Waals surface area contributed by atoms with E-state index in [1.807, 2.05) is 17.0 Å². The molecule has 0 bridgehead atoms. The molecule has 3 aromatic rings. The van der Waals surface area contributed by atoms with Crippen LogP contribution in [0, 0.1) is 11.5 Å². The van der Waals surface area contributed by atoms with Crippen molar-refractivity contribution in [3.05, 3.63) is 76.6 Å². The maximum Gasteiger partial charge on any atom is 0.298 e. The number of aromatic nitrogens is 2. The fraction of sp³-hybridized carbons (Fsp3) is 0.231. The van der Waals surface area contributed by atoms with Crippen LogP contribution in [0.15, 0.2) is 66.1 Å². The van der Waals surface area contributed by atoms with E-state index in [9.17, 15) is 9.59 Å². The molecule has 2 aliphatic heterocycles. The van der Waals surface area contributed by atoms with Gasteiger partial charge in [0.1, 0.15) is 17.2 Å². The summed E-state index contributed by atoms with van der Waals surface area (Å²) in [4.78, 5) is 33.2. The number of ether oxygens (including phenoxy) is 1. The van der Waals surface area contributed by atoms with Crippen LogP contribution in [0.4, 0.5) is 11.5 Å². The molecule has 2 aromatic heterocycles. The van der Waals surface area contributed by atoms with Crippen molar-refractivity contribution >= 4 is 39.1 Å². The summed E-state index contributed by atoms with van der Waals surface area (Å²) in [5, 5.41) is 8.24. The van der Waals surface area contributed by atoms with Gasteiger partial charge >= 0.3 is 0 Å². The third-order valence-electron chi connectivity index (χ3n) is 5.94. The van der Waals surface area contributed by atoms with Gasteiger partial charge in [0, 0.05) is 18.8 Å². The maximum atomic E-state index is 12.9. The first-order valence-corrected chi connectivity index (χ1v) is 12.5. The van der Waals surface area contributed by atoms with Crippen molar-refractivity contribution in [1.29, 1.82) is 5.26 Å². The lowest BCUT2D eigenvalue weighted by Crippen LogP contribution is -2.32. The quantitative estimate of drug-likeness (QED) is 0.388. The number of likely N-dealkylation sites (tertiary alicyclic amines) is 1. The SMILES string of the molecule is C=C/C=C(\C=C)N1CCOc2ccc(-n3c(=O)c(N)nc4sc(C(N)=O)cc43)cc21.N#CN1CCCC1. The number of carbonyl (C=O) groups is 1. The summed E-state index contributed by atoms with van der Waals surface area (Å²) in [7, 11) is 0. The average Bonchev–Trinajstić information content (AvgIpc) is 3.58. The Hall–Kier alpha value is -4.56. The molecule has 0 spiro atoms. The standard InChI is InChI=1S/C21H19N5O3S.C5H8N2/c1-3-5-12(4-2)25-8-9-29-16-7-6-13(10-14(16)25)26-15-11-17(19(23)27)30-20(15)24-18(22)21(26)28;6-5-7-3-1-2-4-7/h3-7,10-11H,1-2,8-9H2,(H2,22,24)(H2,23,27);1-4H2/b12-5+;. The fourth-order valence-corrected chi connectivity index (χ4v) is 5.07. The number of amides is 1. The number of hydrogen-bond donors (Lipinski definition) is 2. The molecule has 10 nitrogen and oxygen atoms in total. The van der Waals surface area contributed by atoms with Crippen molar-refractivity contribution < 1.29 is 9.53 Å². The van der Waals surface area contributed by atoms with Crippen LogP contribution in [-0.4, -0.2) is 46.6 Å². The van der Waals surface area contributed by atoms with E-state index in [4.69, 9.17) is 21.5 Å². The van der Waals surface area contributed by atoms with Crippen molar-refractivity contribution in [1.82, 2.24) is 14.5 Å². The van der Waals surface area contributed by atoms with Gasteiger partial charge in [0.25, 0.3) is 11.5 Å². The predicted octanol–water partition coefficient (Wildman–Crippen LogP) is 3.15. The summed E-state index contributed by atoms with van der Waals surface area (Å²) in [6.45, 7) is 10.7. The van der Waals surface area contributed by atoms with E-state index in [0.717, 1.165) is 35.8 Å². The second-order valence-corrected chi connectivity index (χ2v) is 9.31. The van der Waals surface area contributed by atoms with Crippen molar-refractivity contribution in [2.75, 3.05) is 36.9 Å². The van der Waals surface area contributed by atoms with Gasteiger partial charge < -0.3 is 26.0 Å². The molecule has 0 aliphatic carbocycles. The highest BCUT2D eigenvalue weighted by Crippen LogP contribution is 2.36. The number of rotatable bonds is 5. The zero-order valence-corrected chi connectivity index (χ0v) is 21.0. The first kappa shape index (κ1) is 25.5. The van der Waals surface area contributed by atoms with E-state index >= 15 is 0 Å². The average molecular weight is 518 g/mol. The van der Waals surface area contributed by atoms with Crippen LogP contribution in [0.2, 0.25) is 0 Å². The van der Waals surface area contributed by atoms with Gasteiger partial charge in [0.15, 0.2) is 12.0 Å². The molecule has 4 heterocycles. The van der Waals surface area contributed by atoms with Gasteiger partial charge in [-0.25, -0.2) is 4.98 Å². The molecular weight excluding hydrogens is 490 g/mol. The first-order valence-electron chi connectivity index (χ1n) is 11.6. The third-order valence-corrected chi connectivity index (χ3v) is 6.98. The zero-order chi connectivity index (χ0) is 26.5. The second-order valence-electron chi connectivity index (χ2n) is 8.28. The zero-order valence-electron chi connectivity index (χ0n) is 20.2. The van der Waals surface area contributed by atoms with Crippen LogP contribution < -0.4 is 26.7 Å². The van der Waals surface area contributed by atoms with Crippen molar-refractivity contribution in [3.8, 4) is 17.6 Å². The Balaban J connectivity index is 0.000000396. The van der Waals surface area contributed by atoms with Gasteiger partial charge in [0.05, 0.1) is 28.3 Å². The lowest BCUT2D eigenvalue weighted by Gasteiger charge is -2.32. The minimum absolute atomic E-state index is 0.162. The summed E-state index contributed by atoms with van der Waals surface area (Å²) in [5.41, 5.74) is 13.4. The summed E-state index contributed by atoms with van der Waals surface area (Å²) in [6.07, 6.45) is 9.77. The minimum atomic E-state index is -0.592. The maximum absolute atomic E-state index is 12.9. The molecule has 0 radical (unpaired) electrons. The summed E-state index contributed by atoms with van der Waals surface area (Å²) < 4.78 is 7.21. The van der Waals surface area contributed by atoms with E-state index < -0.39 is 11.5 Å². The number of nitrogens with two attached hydrogens (primary N) is 2. The summed E-state index contributed by atoms with van der Waals surface area (Å²) in [6, 6.07) is 6.93. The normalized spacial score (nSPS) is 14.7. The topological polar surface area (TPSA) is 144 Å². The number of hydrogen-bond acceptors (Lipinski definition) is 9. The molecule has 1 amide bonds. The molecule has 11 heteroatoms. The van der Waals surface area contributed by atoms with Gasteiger partial charge in [-0.2, -0.15) is 5.26 Å². The fourth-order valence-electron chi connectivity index (χ4n) is 4.19. The van der Waals surface area contributed by atoms with Gasteiger partial charge in [0.2, 0.25) is 0 Å². The molecule has 0 atom stereocenters. The Morgan fingerprint density at radius 2 is 1.97 bits per heavy atom. The Bertz CT molecular complexity index is 1490. The molecule has 1 aromatic carbocycles. The largest absolute Gasteiger partial charge is 0.490 e. The molecular formula is C26H27N7O3S. The number of nitriles is 1. The number of thiophene rings is 1. The van der Waals surface area contributed by atoms with Crippen LogP contribution in [-0.2, 0) is 0 Å². The van der Waals surface area contributed by atoms with Crippen LogP contribution in [0.1, 0.15) is 22.5 Å². The van der Waals surface area contributed by atoms with E-state index in [0.29, 0.717) is 39.8 Å². The number of nitrogens with zero attached hydrogens (tertiary/aromatic N) is 5. The Morgan fingerprint density at radius 1 is 1.22 bits per heavy atom. The van der Waals surface area contributed by atoms with E-state index in [1.54, 1.807) is 35.3 Å².